The second kappa shape index (κ2) is 5.57. The van der Waals surface area contributed by atoms with Crippen LogP contribution < -0.4 is 5.32 Å². The van der Waals surface area contributed by atoms with E-state index in [-0.39, 0.29) is 0 Å². The van der Waals surface area contributed by atoms with Crippen LogP contribution in [0, 0.1) is 12.8 Å². The van der Waals surface area contributed by atoms with Gasteiger partial charge in [-0.05, 0) is 43.9 Å². The van der Waals surface area contributed by atoms with Gasteiger partial charge >= 0.3 is 0 Å². The summed E-state index contributed by atoms with van der Waals surface area (Å²) in [4.78, 5) is 1.42. The first-order valence-corrected chi connectivity index (χ1v) is 6.74. The summed E-state index contributed by atoms with van der Waals surface area (Å²) >= 11 is 1.96. The van der Waals surface area contributed by atoms with E-state index in [1.807, 2.05) is 11.8 Å². The molecular weight excluding hydrogens is 202 g/mol. The SMILES string of the molecule is Cc1ccccc1SCCNCC1CC1. The fourth-order valence-corrected chi connectivity index (χ4v) is 2.52. The third-order valence-corrected chi connectivity index (χ3v) is 3.94. The van der Waals surface area contributed by atoms with Crippen molar-refractivity contribution in [2.24, 2.45) is 5.92 Å². The molecule has 0 bridgehead atoms. The second-order valence-electron chi connectivity index (χ2n) is 4.26. The number of benzene rings is 1. The highest BCUT2D eigenvalue weighted by molar-refractivity contribution is 7.99. The van der Waals surface area contributed by atoms with Gasteiger partial charge in [0, 0.05) is 17.2 Å². The Morgan fingerprint density at radius 3 is 2.87 bits per heavy atom. The Morgan fingerprint density at radius 1 is 1.33 bits per heavy atom. The fraction of sp³-hybridized carbons (Fsp3) is 0.538. The zero-order chi connectivity index (χ0) is 10.5. The first kappa shape index (κ1) is 11.0. The van der Waals surface area contributed by atoms with E-state index in [2.05, 4.69) is 36.5 Å². The Kier molecular flexibility index (Phi) is 4.09. The Hall–Kier alpha value is -0.470. The fourth-order valence-electron chi connectivity index (χ4n) is 1.58. The standard InChI is InChI=1S/C13H19NS/c1-11-4-2-3-5-13(11)15-9-8-14-10-12-6-7-12/h2-5,12,14H,6-10H2,1H3. The normalized spacial score (nSPS) is 15.5. The van der Waals surface area contributed by atoms with Crippen molar-refractivity contribution in [2.75, 3.05) is 18.8 Å². The quantitative estimate of drug-likeness (QED) is 0.585. The molecule has 1 aromatic carbocycles. The van der Waals surface area contributed by atoms with Crippen LogP contribution in [0.5, 0.6) is 0 Å². The number of thioether (sulfide) groups is 1. The maximum atomic E-state index is 3.52. The van der Waals surface area contributed by atoms with Crippen LogP contribution in [0.1, 0.15) is 18.4 Å². The Labute approximate surface area is 96.7 Å². The lowest BCUT2D eigenvalue weighted by atomic mass is 10.2. The first-order valence-electron chi connectivity index (χ1n) is 5.75. The van der Waals surface area contributed by atoms with Gasteiger partial charge in [-0.3, -0.25) is 0 Å². The molecule has 0 aromatic heterocycles. The zero-order valence-corrected chi connectivity index (χ0v) is 10.1. The summed E-state index contributed by atoms with van der Waals surface area (Å²) in [6.45, 7) is 4.55. The van der Waals surface area contributed by atoms with E-state index in [0.29, 0.717) is 0 Å². The highest BCUT2D eigenvalue weighted by Crippen LogP contribution is 2.27. The average molecular weight is 221 g/mol. The van der Waals surface area contributed by atoms with Crippen molar-refractivity contribution < 1.29 is 0 Å². The number of hydrogen-bond donors (Lipinski definition) is 1. The van der Waals surface area contributed by atoms with Gasteiger partial charge in [-0.15, -0.1) is 11.8 Å². The summed E-state index contributed by atoms with van der Waals surface area (Å²) in [5, 5.41) is 3.52. The molecule has 1 saturated carbocycles. The summed E-state index contributed by atoms with van der Waals surface area (Å²) < 4.78 is 0. The molecule has 0 atom stereocenters. The van der Waals surface area contributed by atoms with Gasteiger partial charge in [-0.1, -0.05) is 18.2 Å². The molecular formula is C13H19NS. The van der Waals surface area contributed by atoms with Crippen molar-refractivity contribution in [3.05, 3.63) is 29.8 Å². The van der Waals surface area contributed by atoms with Crippen LogP contribution in [0.3, 0.4) is 0 Å². The molecule has 82 valence electrons. The van der Waals surface area contributed by atoms with E-state index >= 15 is 0 Å². The van der Waals surface area contributed by atoms with Gasteiger partial charge in [0.2, 0.25) is 0 Å². The van der Waals surface area contributed by atoms with Crippen molar-refractivity contribution in [3.63, 3.8) is 0 Å². The van der Waals surface area contributed by atoms with E-state index < -0.39 is 0 Å². The summed E-state index contributed by atoms with van der Waals surface area (Å²) in [7, 11) is 0. The molecule has 0 heterocycles. The Balaban J connectivity index is 1.62. The molecule has 1 aromatic rings. The van der Waals surface area contributed by atoms with Gasteiger partial charge in [0.1, 0.15) is 0 Å². The molecule has 15 heavy (non-hydrogen) atoms. The van der Waals surface area contributed by atoms with E-state index in [1.54, 1.807) is 0 Å². The molecule has 1 fully saturated rings. The molecule has 2 rings (SSSR count). The lowest BCUT2D eigenvalue weighted by molar-refractivity contribution is 0.666. The van der Waals surface area contributed by atoms with Crippen LogP contribution in [-0.2, 0) is 0 Å². The van der Waals surface area contributed by atoms with Crippen molar-refractivity contribution in [2.45, 2.75) is 24.7 Å². The molecule has 2 heteroatoms. The maximum absolute atomic E-state index is 3.52. The minimum atomic E-state index is 0.994. The van der Waals surface area contributed by atoms with Crippen LogP contribution >= 0.6 is 11.8 Å². The molecule has 0 unspecified atom stereocenters. The van der Waals surface area contributed by atoms with Gasteiger partial charge in [0.25, 0.3) is 0 Å². The second-order valence-corrected chi connectivity index (χ2v) is 5.40. The predicted octanol–water partition coefficient (Wildman–Crippen LogP) is 3.09. The smallest absolute Gasteiger partial charge is 0.0106 e. The molecule has 1 aliphatic rings. The minimum absolute atomic E-state index is 0.994. The van der Waals surface area contributed by atoms with Gasteiger partial charge in [-0.25, -0.2) is 0 Å². The monoisotopic (exact) mass is 221 g/mol. The Bertz CT molecular complexity index is 307. The molecule has 1 nitrogen and oxygen atoms in total. The number of aryl methyl sites for hydroxylation is 1. The molecule has 1 N–H and O–H groups in total. The predicted molar refractivity (Wildman–Crippen MR) is 67.5 cm³/mol. The van der Waals surface area contributed by atoms with E-state index in [9.17, 15) is 0 Å². The number of hydrogen-bond acceptors (Lipinski definition) is 2. The van der Waals surface area contributed by atoms with E-state index in [0.717, 1.165) is 12.5 Å². The summed E-state index contributed by atoms with van der Waals surface area (Å²) in [6, 6.07) is 8.61. The third kappa shape index (κ3) is 3.88. The van der Waals surface area contributed by atoms with Crippen LogP contribution in [-0.4, -0.2) is 18.8 Å². The van der Waals surface area contributed by atoms with Crippen LogP contribution in [0.15, 0.2) is 29.2 Å². The van der Waals surface area contributed by atoms with E-state index in [4.69, 9.17) is 0 Å². The Morgan fingerprint density at radius 2 is 2.13 bits per heavy atom. The summed E-state index contributed by atoms with van der Waals surface area (Å²) in [5.41, 5.74) is 1.39. The lowest BCUT2D eigenvalue weighted by Gasteiger charge is -2.05. The maximum Gasteiger partial charge on any atom is 0.0106 e. The highest BCUT2D eigenvalue weighted by atomic mass is 32.2. The molecule has 0 spiro atoms. The molecule has 0 saturated heterocycles. The molecule has 0 radical (unpaired) electrons. The van der Waals surface area contributed by atoms with Gasteiger partial charge in [-0.2, -0.15) is 0 Å². The van der Waals surface area contributed by atoms with Crippen molar-refractivity contribution in [3.8, 4) is 0 Å². The number of rotatable bonds is 6. The van der Waals surface area contributed by atoms with Crippen molar-refractivity contribution in [1.29, 1.82) is 0 Å². The number of nitrogens with one attached hydrogen (secondary N) is 1. The van der Waals surface area contributed by atoms with Crippen molar-refractivity contribution in [1.82, 2.24) is 5.32 Å². The van der Waals surface area contributed by atoms with Crippen LogP contribution in [0.2, 0.25) is 0 Å². The van der Waals surface area contributed by atoms with Crippen LogP contribution in [0.4, 0.5) is 0 Å². The summed E-state index contributed by atoms with van der Waals surface area (Å²) in [5.74, 6) is 2.17. The van der Waals surface area contributed by atoms with Crippen molar-refractivity contribution >= 4 is 11.8 Å². The summed E-state index contributed by atoms with van der Waals surface area (Å²) in [6.07, 6.45) is 2.88. The lowest BCUT2D eigenvalue weighted by Crippen LogP contribution is -2.19. The molecule has 0 amide bonds. The van der Waals surface area contributed by atoms with E-state index in [1.165, 1.54) is 35.6 Å². The third-order valence-electron chi connectivity index (χ3n) is 2.76. The first-order chi connectivity index (χ1) is 7.36. The zero-order valence-electron chi connectivity index (χ0n) is 9.33. The van der Waals surface area contributed by atoms with Gasteiger partial charge < -0.3 is 5.32 Å². The largest absolute Gasteiger partial charge is 0.316 e. The minimum Gasteiger partial charge on any atom is -0.316 e. The molecule has 0 aliphatic heterocycles. The molecule has 1 aliphatic carbocycles. The van der Waals surface area contributed by atoms with Gasteiger partial charge in [0.05, 0.1) is 0 Å². The van der Waals surface area contributed by atoms with Crippen LogP contribution in [0.25, 0.3) is 0 Å². The topological polar surface area (TPSA) is 12.0 Å². The van der Waals surface area contributed by atoms with Gasteiger partial charge in [0.15, 0.2) is 0 Å². The highest BCUT2D eigenvalue weighted by Gasteiger charge is 2.19. The average Bonchev–Trinajstić information content (AvgIpc) is 3.04.